The predicted octanol–water partition coefficient (Wildman–Crippen LogP) is -0.582. The van der Waals surface area contributed by atoms with Gasteiger partial charge >= 0.3 is 6.09 Å². The molecule has 0 radical (unpaired) electrons. The van der Waals surface area contributed by atoms with Gasteiger partial charge in [0.25, 0.3) is 0 Å². The van der Waals surface area contributed by atoms with Gasteiger partial charge in [-0.1, -0.05) is 0 Å². The Morgan fingerprint density at radius 2 is 2.29 bits per heavy atom. The number of amides is 1. The normalized spacial score (nSPS) is 8.14. The van der Waals surface area contributed by atoms with Crippen LogP contribution in [0.25, 0.3) is 0 Å². The molecule has 1 amide bonds. The maximum absolute atomic E-state index is 9.44. The molecule has 0 heterocycles. The van der Waals surface area contributed by atoms with Crippen LogP contribution in [0.15, 0.2) is 0 Å². The van der Waals surface area contributed by atoms with Crippen molar-refractivity contribution < 1.29 is 25.0 Å². The lowest BCUT2D eigenvalue weighted by molar-refractivity contribution is -0.603. The fraction of sp³-hybridized carbons (Fsp3) is 0. The molecule has 0 aliphatic carbocycles. The Hall–Kier alpha value is -0.850. The number of primary amides is 1. The fourth-order valence-corrected chi connectivity index (χ4v) is 0.0487. The Kier molecular flexibility index (Phi) is 2.94. The van der Waals surface area contributed by atoms with E-state index >= 15 is 0 Å². The van der Waals surface area contributed by atoms with Crippen LogP contribution >= 0.6 is 0 Å². The first kappa shape index (κ1) is 6.15. The zero-order valence-electron chi connectivity index (χ0n) is 3.16. The van der Waals surface area contributed by atoms with E-state index in [0.717, 1.165) is 0 Å². The highest BCUT2D eigenvalue weighted by Gasteiger charge is 1.90. The number of rotatable bonds is 2. The van der Waals surface area contributed by atoms with Gasteiger partial charge in [0.1, 0.15) is 0 Å². The van der Waals surface area contributed by atoms with Crippen molar-refractivity contribution >= 4 is 6.09 Å². The summed E-state index contributed by atoms with van der Waals surface area (Å²) in [4.78, 5) is 12.8. The van der Waals surface area contributed by atoms with Gasteiger partial charge in [-0.05, 0) is 5.04 Å². The van der Waals surface area contributed by atoms with E-state index in [1.807, 2.05) is 0 Å². The zero-order valence-corrected chi connectivity index (χ0v) is 3.16. The van der Waals surface area contributed by atoms with E-state index in [4.69, 9.17) is 5.26 Å². The second-order valence-corrected chi connectivity index (χ2v) is 0.545. The van der Waals surface area contributed by atoms with Gasteiger partial charge in [-0.3, -0.25) is 0 Å². The number of carbonyl (C=O) groups is 1. The molecule has 0 saturated carbocycles. The molecule has 7 heavy (non-hydrogen) atoms. The van der Waals surface area contributed by atoms with E-state index in [2.05, 4.69) is 20.7 Å². The van der Waals surface area contributed by atoms with Gasteiger partial charge in [0.05, 0.1) is 0 Å². The minimum Gasteiger partial charge on any atom is -0.333 e. The lowest BCUT2D eigenvalue weighted by atomic mass is 11.3. The van der Waals surface area contributed by atoms with Gasteiger partial charge in [0, 0.05) is 5.04 Å². The standard InChI is InChI=1S/CH3NO5/c2-1(3)5-7-6-4/h4H,(H2,2,3). The molecule has 0 aromatic carbocycles. The number of nitrogens with two attached hydrogens (primary N) is 1. The molecule has 6 nitrogen and oxygen atoms in total. The third-order valence-corrected chi connectivity index (χ3v) is 0.147. The molecular weight excluding hydrogens is 106 g/mol. The van der Waals surface area contributed by atoms with Crippen LogP contribution < -0.4 is 5.73 Å². The van der Waals surface area contributed by atoms with E-state index in [1.165, 1.54) is 0 Å². The average Bonchev–Trinajstić information content (AvgIpc) is 1.61. The maximum Gasteiger partial charge on any atom is 0.439 e. The highest BCUT2D eigenvalue weighted by Crippen LogP contribution is 1.73. The van der Waals surface area contributed by atoms with Crippen LogP contribution in [-0.2, 0) is 15.0 Å². The number of hydrogen-bond donors (Lipinski definition) is 2. The minimum absolute atomic E-state index is 1.20. The van der Waals surface area contributed by atoms with Crippen LogP contribution in [0.2, 0.25) is 0 Å². The molecule has 0 rings (SSSR count). The second kappa shape index (κ2) is 3.34. The van der Waals surface area contributed by atoms with Crippen molar-refractivity contribution in [3.63, 3.8) is 0 Å². The molecule has 42 valence electrons. The van der Waals surface area contributed by atoms with Gasteiger partial charge in [0.2, 0.25) is 0 Å². The van der Waals surface area contributed by atoms with Gasteiger partial charge < -0.3 is 5.73 Å². The van der Waals surface area contributed by atoms with E-state index in [9.17, 15) is 4.79 Å². The van der Waals surface area contributed by atoms with Crippen molar-refractivity contribution in [1.82, 2.24) is 0 Å². The Morgan fingerprint density at radius 3 is 2.43 bits per heavy atom. The average molecular weight is 109 g/mol. The second-order valence-electron chi connectivity index (χ2n) is 0.545. The molecule has 0 aromatic heterocycles. The Morgan fingerprint density at radius 1 is 1.71 bits per heavy atom. The topological polar surface area (TPSA) is 91.0 Å². The molecule has 0 unspecified atom stereocenters. The van der Waals surface area contributed by atoms with Crippen molar-refractivity contribution in [3.8, 4) is 0 Å². The van der Waals surface area contributed by atoms with Crippen LogP contribution in [0.1, 0.15) is 0 Å². The minimum atomic E-state index is -1.20. The molecule has 0 aromatic rings. The Labute approximate surface area is 38.2 Å². The fourth-order valence-electron chi connectivity index (χ4n) is 0.0487. The first-order chi connectivity index (χ1) is 3.27. The summed E-state index contributed by atoms with van der Waals surface area (Å²) in [7, 11) is 0. The van der Waals surface area contributed by atoms with Crippen molar-refractivity contribution in [3.05, 3.63) is 0 Å². The van der Waals surface area contributed by atoms with E-state index in [0.29, 0.717) is 0 Å². The van der Waals surface area contributed by atoms with Gasteiger partial charge in [0.15, 0.2) is 0 Å². The summed E-state index contributed by atoms with van der Waals surface area (Å²) in [6, 6.07) is 0. The summed E-state index contributed by atoms with van der Waals surface area (Å²) < 4.78 is 0. The summed E-state index contributed by atoms with van der Waals surface area (Å²) in [5, 5.41) is 13.3. The van der Waals surface area contributed by atoms with Crippen LogP contribution in [-0.4, -0.2) is 11.4 Å². The van der Waals surface area contributed by atoms with Crippen molar-refractivity contribution in [1.29, 1.82) is 0 Å². The molecule has 0 fully saturated rings. The van der Waals surface area contributed by atoms with E-state index in [1.54, 1.807) is 0 Å². The SMILES string of the molecule is NC(=O)OOOO. The molecule has 0 bridgehead atoms. The van der Waals surface area contributed by atoms with Crippen LogP contribution in [0, 0.1) is 0 Å². The summed E-state index contributed by atoms with van der Waals surface area (Å²) in [6.45, 7) is 0. The predicted molar refractivity (Wildman–Crippen MR) is 15.5 cm³/mol. The molecule has 3 N–H and O–H groups in total. The highest BCUT2D eigenvalue weighted by atomic mass is 17.6. The third-order valence-electron chi connectivity index (χ3n) is 0.147. The van der Waals surface area contributed by atoms with Crippen LogP contribution in [0.4, 0.5) is 4.79 Å². The Bertz CT molecular complexity index is 61.1. The van der Waals surface area contributed by atoms with E-state index < -0.39 is 6.09 Å². The number of hydrogen-bond acceptors (Lipinski definition) is 5. The van der Waals surface area contributed by atoms with Crippen molar-refractivity contribution in [2.75, 3.05) is 0 Å². The van der Waals surface area contributed by atoms with Gasteiger partial charge in [-0.2, -0.15) is 0 Å². The first-order valence-corrected chi connectivity index (χ1v) is 1.21. The summed E-state index contributed by atoms with van der Waals surface area (Å²) >= 11 is 0. The highest BCUT2D eigenvalue weighted by molar-refractivity contribution is 5.63. The number of carbonyl (C=O) groups excluding carboxylic acids is 1. The smallest absolute Gasteiger partial charge is 0.333 e. The molecule has 0 saturated heterocycles. The quantitative estimate of drug-likeness (QED) is 0.365. The maximum atomic E-state index is 9.44. The lowest BCUT2D eigenvalue weighted by Gasteiger charge is -1.88. The summed E-state index contributed by atoms with van der Waals surface area (Å²) in [6.07, 6.45) is -1.20. The molecule has 6 heteroatoms. The summed E-state index contributed by atoms with van der Waals surface area (Å²) in [5.41, 5.74) is 4.30. The first-order valence-electron chi connectivity index (χ1n) is 1.21. The molecular formula is CH3NO5. The monoisotopic (exact) mass is 109 g/mol. The van der Waals surface area contributed by atoms with Crippen molar-refractivity contribution in [2.45, 2.75) is 0 Å². The van der Waals surface area contributed by atoms with Gasteiger partial charge in [-0.25, -0.2) is 14.9 Å². The van der Waals surface area contributed by atoms with Crippen molar-refractivity contribution in [2.24, 2.45) is 5.73 Å². The molecule has 0 aliphatic rings. The third kappa shape index (κ3) is 5.15. The molecule has 0 aliphatic heterocycles. The molecule has 0 atom stereocenters. The molecule has 0 spiro atoms. The van der Waals surface area contributed by atoms with Crippen LogP contribution in [0.5, 0.6) is 0 Å². The van der Waals surface area contributed by atoms with Crippen LogP contribution in [0.3, 0.4) is 0 Å². The lowest BCUT2D eigenvalue weighted by Crippen LogP contribution is -2.12. The largest absolute Gasteiger partial charge is 0.439 e. The Balaban J connectivity index is 2.82. The summed E-state index contributed by atoms with van der Waals surface area (Å²) in [5.74, 6) is 0. The zero-order chi connectivity index (χ0) is 5.70. The van der Waals surface area contributed by atoms with E-state index in [-0.39, 0.29) is 0 Å². The van der Waals surface area contributed by atoms with Gasteiger partial charge in [-0.15, -0.1) is 0 Å².